The van der Waals surface area contributed by atoms with Crippen molar-refractivity contribution in [2.75, 3.05) is 5.73 Å². The molecule has 0 amide bonds. The third-order valence-corrected chi connectivity index (χ3v) is 3.91. The smallest absolute Gasteiger partial charge is 0.320 e. The predicted molar refractivity (Wildman–Crippen MR) is 89.0 cm³/mol. The largest absolute Gasteiger partial charge is 0.480 e. The number of aromatic nitrogens is 3. The molecule has 7 nitrogen and oxygen atoms in total. The molecule has 0 fully saturated rings. The molecule has 0 saturated heterocycles. The summed E-state index contributed by atoms with van der Waals surface area (Å²) in [4.78, 5) is 22.9. The quantitative estimate of drug-likeness (QED) is 0.405. The van der Waals surface area contributed by atoms with E-state index in [-0.39, 0.29) is 0 Å². The maximum atomic E-state index is 10.7. The number of nitrogens with two attached hydrogens (primary N) is 2. The number of imidazole rings is 1. The maximum absolute atomic E-state index is 10.7. The molecule has 6 N–H and O–H groups in total. The summed E-state index contributed by atoms with van der Waals surface area (Å²) >= 11 is 0. The highest BCUT2D eigenvalue weighted by molar-refractivity contribution is 6.07. The summed E-state index contributed by atoms with van der Waals surface area (Å²) in [5.74, 6) is -0.132. The minimum atomic E-state index is -0.959. The van der Waals surface area contributed by atoms with E-state index in [9.17, 15) is 4.79 Å². The van der Waals surface area contributed by atoms with E-state index >= 15 is 0 Å². The Morgan fingerprint density at radius 1 is 1.35 bits per heavy atom. The van der Waals surface area contributed by atoms with Gasteiger partial charge < -0.3 is 21.6 Å². The lowest BCUT2D eigenvalue weighted by Crippen LogP contribution is -2.29. The minimum absolute atomic E-state index is 0.461. The first kappa shape index (κ1) is 15.2. The number of aliphatic carboxylic acids is 1. The van der Waals surface area contributed by atoms with Gasteiger partial charge in [-0.25, -0.2) is 4.98 Å². The number of rotatable bonds is 6. The number of anilines is 1. The second-order valence-corrected chi connectivity index (χ2v) is 5.64. The second kappa shape index (κ2) is 6.21. The summed E-state index contributed by atoms with van der Waals surface area (Å²) in [5.41, 5.74) is 14.6. The van der Waals surface area contributed by atoms with Crippen molar-refractivity contribution in [3.63, 3.8) is 0 Å². The zero-order chi connectivity index (χ0) is 16.4. The van der Waals surface area contributed by atoms with Gasteiger partial charge in [-0.3, -0.25) is 9.78 Å². The fourth-order valence-corrected chi connectivity index (χ4v) is 2.68. The van der Waals surface area contributed by atoms with Gasteiger partial charge in [-0.1, -0.05) is 12.5 Å². The van der Waals surface area contributed by atoms with Gasteiger partial charge >= 0.3 is 5.97 Å². The van der Waals surface area contributed by atoms with Crippen LogP contribution in [-0.4, -0.2) is 32.1 Å². The van der Waals surface area contributed by atoms with Crippen molar-refractivity contribution in [2.45, 2.75) is 31.7 Å². The first-order valence-electron chi connectivity index (χ1n) is 7.56. The number of hydrogen-bond acceptors (Lipinski definition) is 5. The summed E-state index contributed by atoms with van der Waals surface area (Å²) in [5, 5.41) is 9.73. The van der Waals surface area contributed by atoms with Crippen LogP contribution in [0, 0.1) is 0 Å². The lowest BCUT2D eigenvalue weighted by molar-refractivity contribution is -0.138. The standard InChI is InChI=1S/C16H19N5O2/c17-10(16(22)23)5-1-2-6-12-20-14-11(18)8-9-4-3-7-19-13(9)15(14)21-12/h3-4,7-8,10H,1-2,5-6,17-18H2,(H,20,21)(H,22,23). The van der Waals surface area contributed by atoms with Crippen LogP contribution >= 0.6 is 0 Å². The molecule has 0 aliphatic rings. The van der Waals surface area contributed by atoms with Crippen molar-refractivity contribution in [1.82, 2.24) is 15.0 Å². The number of carboxylic acids is 1. The lowest BCUT2D eigenvalue weighted by atomic mass is 10.1. The molecule has 7 heteroatoms. The average molecular weight is 313 g/mol. The van der Waals surface area contributed by atoms with Gasteiger partial charge in [0.15, 0.2) is 0 Å². The molecule has 0 spiro atoms. The van der Waals surface area contributed by atoms with Crippen molar-refractivity contribution < 1.29 is 9.90 Å². The molecule has 23 heavy (non-hydrogen) atoms. The summed E-state index contributed by atoms with van der Waals surface area (Å²) in [6.07, 6.45) is 4.47. The first-order chi connectivity index (χ1) is 11.1. The van der Waals surface area contributed by atoms with Crippen LogP contribution in [0.4, 0.5) is 5.69 Å². The van der Waals surface area contributed by atoms with E-state index in [1.807, 2.05) is 18.2 Å². The van der Waals surface area contributed by atoms with Crippen LogP contribution in [0.15, 0.2) is 24.4 Å². The summed E-state index contributed by atoms with van der Waals surface area (Å²) in [6.45, 7) is 0. The SMILES string of the molecule is Nc1cc2cccnc2c2[nH]c(CCCCC(N)C(=O)O)nc12. The van der Waals surface area contributed by atoms with Crippen molar-refractivity contribution in [2.24, 2.45) is 5.73 Å². The topological polar surface area (TPSA) is 131 Å². The molecule has 0 saturated carbocycles. The van der Waals surface area contributed by atoms with Gasteiger partial charge in [0.25, 0.3) is 0 Å². The van der Waals surface area contributed by atoms with E-state index in [4.69, 9.17) is 16.6 Å². The van der Waals surface area contributed by atoms with Gasteiger partial charge in [0.1, 0.15) is 17.4 Å². The molecule has 0 radical (unpaired) electrons. The van der Waals surface area contributed by atoms with Crippen LogP contribution in [0.1, 0.15) is 25.1 Å². The van der Waals surface area contributed by atoms with E-state index in [0.29, 0.717) is 12.1 Å². The van der Waals surface area contributed by atoms with E-state index in [1.165, 1.54) is 0 Å². The van der Waals surface area contributed by atoms with Gasteiger partial charge in [-0.15, -0.1) is 0 Å². The number of fused-ring (bicyclic) bond motifs is 3. The Morgan fingerprint density at radius 3 is 2.96 bits per heavy atom. The second-order valence-electron chi connectivity index (χ2n) is 5.64. The van der Waals surface area contributed by atoms with Gasteiger partial charge in [0.05, 0.1) is 16.7 Å². The van der Waals surface area contributed by atoms with E-state index in [0.717, 1.165) is 47.0 Å². The van der Waals surface area contributed by atoms with Gasteiger partial charge in [0, 0.05) is 18.0 Å². The van der Waals surface area contributed by atoms with Crippen LogP contribution < -0.4 is 11.5 Å². The number of carbonyl (C=O) groups is 1. The monoisotopic (exact) mass is 313 g/mol. The van der Waals surface area contributed by atoms with Crippen molar-refractivity contribution in [3.05, 3.63) is 30.2 Å². The van der Waals surface area contributed by atoms with Gasteiger partial charge in [-0.05, 0) is 25.0 Å². The molecule has 2 aromatic heterocycles. The number of pyridine rings is 1. The Labute approximate surface area is 132 Å². The first-order valence-corrected chi connectivity index (χ1v) is 7.56. The molecule has 3 rings (SSSR count). The number of carboxylic acid groups (broad SMARTS) is 1. The molecule has 3 aromatic rings. The highest BCUT2D eigenvalue weighted by Crippen LogP contribution is 2.27. The Kier molecular flexibility index (Phi) is 4.12. The Hall–Kier alpha value is -2.67. The normalized spacial score (nSPS) is 12.7. The molecule has 0 aliphatic heterocycles. The molecular weight excluding hydrogens is 294 g/mol. The predicted octanol–water partition coefficient (Wildman–Crippen LogP) is 1.82. The Bertz CT molecular complexity index is 858. The number of unbranched alkanes of at least 4 members (excludes halogenated alkanes) is 1. The molecule has 2 heterocycles. The fourth-order valence-electron chi connectivity index (χ4n) is 2.68. The molecular formula is C16H19N5O2. The van der Waals surface area contributed by atoms with Crippen molar-refractivity contribution in [1.29, 1.82) is 0 Å². The van der Waals surface area contributed by atoms with Crippen molar-refractivity contribution in [3.8, 4) is 0 Å². The van der Waals surface area contributed by atoms with Gasteiger partial charge in [0.2, 0.25) is 0 Å². The van der Waals surface area contributed by atoms with Crippen LogP contribution in [0.2, 0.25) is 0 Å². The van der Waals surface area contributed by atoms with Crippen LogP contribution in [0.3, 0.4) is 0 Å². The Morgan fingerprint density at radius 2 is 2.17 bits per heavy atom. The minimum Gasteiger partial charge on any atom is -0.480 e. The van der Waals surface area contributed by atoms with Crippen LogP contribution in [0.5, 0.6) is 0 Å². The van der Waals surface area contributed by atoms with E-state index in [1.54, 1.807) is 6.20 Å². The molecule has 1 aromatic carbocycles. The molecule has 1 unspecified atom stereocenters. The lowest BCUT2D eigenvalue weighted by Gasteiger charge is -2.04. The Balaban J connectivity index is 1.77. The number of benzene rings is 1. The number of nitrogens with one attached hydrogen (secondary N) is 1. The summed E-state index contributed by atoms with van der Waals surface area (Å²) < 4.78 is 0. The number of aryl methyl sites for hydroxylation is 1. The summed E-state index contributed by atoms with van der Waals surface area (Å²) in [6, 6.07) is 4.92. The number of aromatic amines is 1. The van der Waals surface area contributed by atoms with Crippen molar-refractivity contribution >= 4 is 33.6 Å². The molecule has 0 aliphatic carbocycles. The highest BCUT2D eigenvalue weighted by Gasteiger charge is 2.12. The van der Waals surface area contributed by atoms with Gasteiger partial charge in [-0.2, -0.15) is 0 Å². The molecule has 120 valence electrons. The van der Waals surface area contributed by atoms with E-state index < -0.39 is 12.0 Å². The third kappa shape index (κ3) is 3.09. The molecule has 0 bridgehead atoms. The highest BCUT2D eigenvalue weighted by atomic mass is 16.4. The fraction of sp³-hybridized carbons (Fsp3) is 0.312. The average Bonchev–Trinajstić information content (AvgIpc) is 2.96. The number of H-pyrrole nitrogens is 1. The van der Waals surface area contributed by atoms with Crippen LogP contribution in [-0.2, 0) is 11.2 Å². The number of nitrogen functional groups attached to an aromatic ring is 1. The third-order valence-electron chi connectivity index (χ3n) is 3.91. The van der Waals surface area contributed by atoms with Crippen LogP contribution in [0.25, 0.3) is 21.9 Å². The number of hydrogen-bond donors (Lipinski definition) is 4. The maximum Gasteiger partial charge on any atom is 0.320 e. The molecule has 1 atom stereocenters. The zero-order valence-corrected chi connectivity index (χ0v) is 12.6. The number of nitrogens with zero attached hydrogens (tertiary/aromatic N) is 2. The summed E-state index contributed by atoms with van der Waals surface area (Å²) in [7, 11) is 0. The van der Waals surface area contributed by atoms with E-state index in [2.05, 4.69) is 15.0 Å². The zero-order valence-electron chi connectivity index (χ0n) is 12.6.